The molecule has 0 aromatic heterocycles. The average molecular weight is 246 g/mol. The van der Waals surface area contributed by atoms with Crippen molar-refractivity contribution in [2.45, 2.75) is 65.4 Å². The molecule has 1 saturated carbocycles. The van der Waals surface area contributed by atoms with Crippen LogP contribution in [0.25, 0.3) is 0 Å². The van der Waals surface area contributed by atoms with Crippen molar-refractivity contribution in [1.82, 2.24) is 0 Å². The van der Waals surface area contributed by atoms with Crippen molar-refractivity contribution in [1.29, 1.82) is 0 Å². The van der Waals surface area contributed by atoms with Crippen LogP contribution in [0.1, 0.15) is 59.8 Å². The Bertz CT molecular complexity index is 218. The summed E-state index contributed by atoms with van der Waals surface area (Å²) < 4.78 is 5.62. The van der Waals surface area contributed by atoms with E-state index >= 15 is 0 Å². The molecule has 0 radical (unpaired) electrons. The predicted octanol–water partition coefficient (Wildman–Crippen LogP) is 3.79. The summed E-state index contributed by atoms with van der Waals surface area (Å²) in [4.78, 5) is 11.8. The van der Waals surface area contributed by atoms with Crippen LogP contribution in [0.2, 0.25) is 0 Å². The van der Waals surface area contributed by atoms with Crippen molar-refractivity contribution < 1.29 is 9.53 Å². The van der Waals surface area contributed by atoms with Crippen molar-refractivity contribution in [2.75, 3.05) is 6.66 Å². The van der Waals surface area contributed by atoms with E-state index in [1.807, 2.05) is 27.4 Å². The molecule has 0 aromatic carbocycles. The van der Waals surface area contributed by atoms with Gasteiger partial charge in [0.2, 0.25) is 0 Å². The van der Waals surface area contributed by atoms with Crippen molar-refractivity contribution in [3.63, 3.8) is 0 Å². The molecule has 0 aliphatic heterocycles. The predicted molar refractivity (Wildman–Crippen MR) is 72.7 cm³/mol. The highest BCUT2D eigenvalue weighted by molar-refractivity contribution is 7.15. The second kappa shape index (κ2) is 6.59. The summed E-state index contributed by atoms with van der Waals surface area (Å²) in [6.45, 7) is 9.91. The first-order valence-electron chi connectivity index (χ1n) is 6.21. The van der Waals surface area contributed by atoms with Gasteiger partial charge < -0.3 is 4.74 Å². The third-order valence-electron chi connectivity index (χ3n) is 3.44. The lowest BCUT2D eigenvalue weighted by Crippen LogP contribution is -2.35. The second-order valence-electron chi connectivity index (χ2n) is 5.28. The number of rotatable bonds is 3. The van der Waals surface area contributed by atoms with Crippen LogP contribution in [0.3, 0.4) is 0 Å². The molecule has 1 aliphatic carbocycles. The Labute approximate surface area is 103 Å². The first-order valence-corrected chi connectivity index (χ1v) is 7.36. The van der Waals surface area contributed by atoms with E-state index in [9.17, 15) is 4.79 Å². The minimum atomic E-state index is -0.328. The largest absolute Gasteiger partial charge is 0.459 e. The smallest absolute Gasteiger partial charge is 0.312 e. The van der Waals surface area contributed by atoms with Gasteiger partial charge in [-0.15, -0.1) is 9.24 Å². The first kappa shape index (κ1) is 15.9. The maximum atomic E-state index is 11.8. The molecule has 3 heteroatoms. The molecule has 1 rings (SSSR count). The highest BCUT2D eigenvalue weighted by atomic mass is 31.0. The standard InChI is InChI=1S/C12H22O2.CH5P/c1-5-11(2,3)10(13)14-12(4)8-6-7-9-12;1-2/h5-9H2,1-4H3;2H2,1H3. The molecule has 1 fully saturated rings. The van der Waals surface area contributed by atoms with E-state index in [0.29, 0.717) is 0 Å². The van der Waals surface area contributed by atoms with Gasteiger partial charge in [-0.3, -0.25) is 4.79 Å². The Morgan fingerprint density at radius 1 is 1.31 bits per heavy atom. The maximum absolute atomic E-state index is 11.8. The number of ether oxygens (including phenoxy) is 1. The zero-order valence-electron chi connectivity index (χ0n) is 11.4. The fourth-order valence-electron chi connectivity index (χ4n) is 1.73. The summed E-state index contributed by atoms with van der Waals surface area (Å²) in [7, 11) is 2.42. The van der Waals surface area contributed by atoms with E-state index in [0.717, 1.165) is 19.3 Å². The second-order valence-corrected chi connectivity index (χ2v) is 5.28. The Kier molecular flexibility index (Phi) is 6.55. The zero-order valence-corrected chi connectivity index (χ0v) is 12.6. The monoisotopic (exact) mass is 246 g/mol. The molecule has 0 bridgehead atoms. The molecular formula is C13H27O2P. The van der Waals surface area contributed by atoms with E-state index in [4.69, 9.17) is 4.74 Å². The molecule has 0 amide bonds. The summed E-state index contributed by atoms with van der Waals surface area (Å²) in [5.74, 6) is -0.0376. The first-order chi connectivity index (χ1) is 7.40. The molecule has 96 valence electrons. The Balaban J connectivity index is 0.00000106. The van der Waals surface area contributed by atoms with Crippen molar-refractivity contribution in [3.8, 4) is 0 Å². The third-order valence-corrected chi connectivity index (χ3v) is 3.44. The Hall–Kier alpha value is -0.100. The summed E-state index contributed by atoms with van der Waals surface area (Å²) in [6, 6.07) is 0. The van der Waals surface area contributed by atoms with Crippen LogP contribution < -0.4 is 0 Å². The van der Waals surface area contributed by atoms with Crippen molar-refractivity contribution in [2.24, 2.45) is 5.41 Å². The van der Waals surface area contributed by atoms with Crippen LogP contribution in [-0.2, 0) is 9.53 Å². The van der Waals surface area contributed by atoms with Gasteiger partial charge in [0.05, 0.1) is 5.41 Å². The van der Waals surface area contributed by atoms with Crippen molar-refractivity contribution >= 4 is 15.2 Å². The van der Waals surface area contributed by atoms with Gasteiger partial charge in [-0.1, -0.05) is 13.6 Å². The molecule has 1 atom stereocenters. The molecule has 1 aliphatic rings. The molecule has 16 heavy (non-hydrogen) atoms. The van der Waals surface area contributed by atoms with Crippen LogP contribution >= 0.6 is 9.24 Å². The molecule has 0 heterocycles. The minimum absolute atomic E-state index is 0.0376. The summed E-state index contributed by atoms with van der Waals surface area (Å²) in [5.41, 5.74) is -0.505. The lowest BCUT2D eigenvalue weighted by molar-refractivity contribution is -0.168. The molecule has 0 spiro atoms. The van der Waals surface area contributed by atoms with Gasteiger partial charge in [0.15, 0.2) is 0 Å². The van der Waals surface area contributed by atoms with Crippen LogP contribution in [-0.4, -0.2) is 18.2 Å². The molecule has 2 nitrogen and oxygen atoms in total. The summed E-state index contributed by atoms with van der Waals surface area (Å²) in [6.07, 6.45) is 5.27. The molecule has 0 aromatic rings. The van der Waals surface area contributed by atoms with Gasteiger partial charge in [0.1, 0.15) is 5.60 Å². The van der Waals surface area contributed by atoms with Crippen LogP contribution in [0.15, 0.2) is 0 Å². The van der Waals surface area contributed by atoms with Crippen LogP contribution in [0.4, 0.5) is 0 Å². The highest BCUT2D eigenvalue weighted by Crippen LogP contribution is 2.35. The summed E-state index contributed by atoms with van der Waals surface area (Å²) in [5, 5.41) is 0. The number of hydrogen-bond donors (Lipinski definition) is 0. The third kappa shape index (κ3) is 4.41. The SMILES string of the molecule is CCC(C)(C)C(=O)OC1(C)CCCC1.CP. The topological polar surface area (TPSA) is 26.3 Å². The molecular weight excluding hydrogens is 219 g/mol. The molecule has 0 N–H and O–H groups in total. The fourth-order valence-corrected chi connectivity index (χ4v) is 1.73. The lowest BCUT2D eigenvalue weighted by Gasteiger charge is -2.29. The lowest BCUT2D eigenvalue weighted by atomic mass is 9.90. The number of carbonyl (C=O) groups excluding carboxylic acids is 1. The quantitative estimate of drug-likeness (QED) is 0.559. The fraction of sp³-hybridized carbons (Fsp3) is 0.923. The van der Waals surface area contributed by atoms with Crippen LogP contribution in [0.5, 0.6) is 0 Å². The summed E-state index contributed by atoms with van der Waals surface area (Å²) >= 11 is 0. The van der Waals surface area contributed by atoms with E-state index in [-0.39, 0.29) is 17.0 Å². The molecule has 1 unspecified atom stereocenters. The Morgan fingerprint density at radius 3 is 2.12 bits per heavy atom. The van der Waals surface area contributed by atoms with E-state index in [1.54, 1.807) is 0 Å². The van der Waals surface area contributed by atoms with Gasteiger partial charge in [-0.05, 0) is 52.9 Å². The minimum Gasteiger partial charge on any atom is -0.459 e. The average Bonchev–Trinajstić information content (AvgIpc) is 2.67. The highest BCUT2D eigenvalue weighted by Gasteiger charge is 2.37. The van der Waals surface area contributed by atoms with Gasteiger partial charge in [-0.25, -0.2) is 0 Å². The number of carbonyl (C=O) groups is 1. The molecule has 0 saturated heterocycles. The van der Waals surface area contributed by atoms with E-state index < -0.39 is 0 Å². The van der Waals surface area contributed by atoms with Crippen molar-refractivity contribution in [3.05, 3.63) is 0 Å². The Morgan fingerprint density at radius 2 is 1.75 bits per heavy atom. The number of esters is 1. The van der Waals surface area contributed by atoms with E-state index in [2.05, 4.69) is 16.2 Å². The van der Waals surface area contributed by atoms with Gasteiger partial charge in [-0.2, -0.15) is 0 Å². The number of hydrogen-bond acceptors (Lipinski definition) is 2. The van der Waals surface area contributed by atoms with Gasteiger partial charge >= 0.3 is 5.97 Å². The van der Waals surface area contributed by atoms with Gasteiger partial charge in [0.25, 0.3) is 0 Å². The normalized spacial score (nSPS) is 18.6. The van der Waals surface area contributed by atoms with Gasteiger partial charge in [0, 0.05) is 0 Å². The van der Waals surface area contributed by atoms with Crippen LogP contribution in [0, 0.1) is 5.41 Å². The van der Waals surface area contributed by atoms with E-state index in [1.165, 1.54) is 12.8 Å². The maximum Gasteiger partial charge on any atom is 0.312 e. The zero-order chi connectivity index (χ0) is 12.8.